The maximum atomic E-state index is 12.6. The van der Waals surface area contributed by atoms with Crippen molar-refractivity contribution in [2.75, 3.05) is 11.9 Å². The highest BCUT2D eigenvalue weighted by atomic mass is 32.2. The van der Waals surface area contributed by atoms with Crippen molar-refractivity contribution in [1.82, 2.24) is 4.31 Å². The van der Waals surface area contributed by atoms with E-state index < -0.39 is 16.1 Å². The van der Waals surface area contributed by atoms with Gasteiger partial charge in [-0.3, -0.25) is 4.79 Å². The number of likely N-dealkylation sites (N-methyl/N-ethyl adjacent to an activating group) is 1. The standard InChI is InChI=1S/C16H20N2O3S2/c1-4-18(23(20,21)15-6-5-11-22-15)13(3)16(19)17-14-9-7-12(2)8-10-14/h5-11,13H,4H2,1-3H3,(H,17,19)/t13-/m0/s1. The molecule has 2 rings (SSSR count). The van der Waals surface area contributed by atoms with Gasteiger partial charge in [-0.2, -0.15) is 4.31 Å². The highest BCUT2D eigenvalue weighted by molar-refractivity contribution is 7.91. The molecule has 2 aromatic rings. The highest BCUT2D eigenvalue weighted by Crippen LogP contribution is 2.23. The predicted octanol–water partition coefficient (Wildman–Crippen LogP) is 3.09. The van der Waals surface area contributed by atoms with Crippen molar-refractivity contribution in [2.24, 2.45) is 0 Å². The maximum Gasteiger partial charge on any atom is 0.253 e. The minimum atomic E-state index is -3.66. The van der Waals surface area contributed by atoms with E-state index in [1.807, 2.05) is 19.1 Å². The van der Waals surface area contributed by atoms with Crippen LogP contribution >= 0.6 is 11.3 Å². The number of carbonyl (C=O) groups excluding carboxylic acids is 1. The summed E-state index contributed by atoms with van der Waals surface area (Å²) in [7, 11) is -3.66. The second-order valence-corrected chi connectivity index (χ2v) is 8.24. The van der Waals surface area contributed by atoms with Crippen molar-refractivity contribution in [1.29, 1.82) is 0 Å². The van der Waals surface area contributed by atoms with E-state index in [-0.39, 0.29) is 16.7 Å². The van der Waals surface area contributed by atoms with Crippen molar-refractivity contribution < 1.29 is 13.2 Å². The number of sulfonamides is 1. The molecule has 0 aliphatic carbocycles. The van der Waals surface area contributed by atoms with Gasteiger partial charge in [0.25, 0.3) is 10.0 Å². The molecule has 0 unspecified atom stereocenters. The Labute approximate surface area is 141 Å². The summed E-state index contributed by atoms with van der Waals surface area (Å²) in [4.78, 5) is 12.4. The lowest BCUT2D eigenvalue weighted by atomic mass is 10.2. The second kappa shape index (κ2) is 7.25. The number of aryl methyl sites for hydroxylation is 1. The molecule has 7 heteroatoms. The summed E-state index contributed by atoms with van der Waals surface area (Å²) >= 11 is 1.15. The molecular weight excluding hydrogens is 332 g/mol. The zero-order valence-electron chi connectivity index (χ0n) is 13.3. The zero-order valence-corrected chi connectivity index (χ0v) is 14.9. The van der Waals surface area contributed by atoms with Gasteiger partial charge in [0, 0.05) is 12.2 Å². The van der Waals surface area contributed by atoms with Crippen LogP contribution in [0, 0.1) is 6.92 Å². The third-order valence-electron chi connectivity index (χ3n) is 3.50. The third-order valence-corrected chi connectivity index (χ3v) is 6.92. The first-order valence-electron chi connectivity index (χ1n) is 7.29. The van der Waals surface area contributed by atoms with Crippen LogP contribution in [0.3, 0.4) is 0 Å². The average Bonchev–Trinajstić information content (AvgIpc) is 3.05. The topological polar surface area (TPSA) is 66.5 Å². The number of amides is 1. The van der Waals surface area contributed by atoms with E-state index in [9.17, 15) is 13.2 Å². The van der Waals surface area contributed by atoms with Crippen LogP contribution < -0.4 is 5.32 Å². The van der Waals surface area contributed by atoms with E-state index in [4.69, 9.17) is 0 Å². The molecule has 0 aliphatic heterocycles. The van der Waals surface area contributed by atoms with Gasteiger partial charge in [-0.15, -0.1) is 11.3 Å². The third kappa shape index (κ3) is 3.99. The van der Waals surface area contributed by atoms with E-state index >= 15 is 0 Å². The lowest BCUT2D eigenvalue weighted by Gasteiger charge is -2.25. The van der Waals surface area contributed by atoms with Crippen molar-refractivity contribution in [3.05, 3.63) is 47.3 Å². The zero-order chi connectivity index (χ0) is 17.0. The van der Waals surface area contributed by atoms with Crippen molar-refractivity contribution in [3.63, 3.8) is 0 Å². The summed E-state index contributed by atoms with van der Waals surface area (Å²) < 4.78 is 26.7. The minimum Gasteiger partial charge on any atom is -0.325 e. The first-order chi connectivity index (χ1) is 10.9. The quantitative estimate of drug-likeness (QED) is 0.869. The van der Waals surface area contributed by atoms with Gasteiger partial charge in [-0.1, -0.05) is 30.7 Å². The largest absolute Gasteiger partial charge is 0.325 e. The van der Waals surface area contributed by atoms with Crippen LogP contribution in [0.25, 0.3) is 0 Å². The van der Waals surface area contributed by atoms with Crippen LogP contribution in [0.15, 0.2) is 46.0 Å². The molecule has 1 aromatic heterocycles. The molecule has 124 valence electrons. The number of benzene rings is 1. The molecule has 0 saturated heterocycles. The fourth-order valence-electron chi connectivity index (χ4n) is 2.19. The average molecular weight is 352 g/mol. The molecule has 1 heterocycles. The Balaban J connectivity index is 2.17. The van der Waals surface area contributed by atoms with Crippen LogP contribution in [0.4, 0.5) is 5.69 Å². The van der Waals surface area contributed by atoms with Gasteiger partial charge in [-0.25, -0.2) is 8.42 Å². The van der Waals surface area contributed by atoms with Gasteiger partial charge in [0.05, 0.1) is 0 Å². The lowest BCUT2D eigenvalue weighted by Crippen LogP contribution is -2.45. The first kappa shape index (κ1) is 17.7. The number of rotatable bonds is 6. The summed E-state index contributed by atoms with van der Waals surface area (Å²) in [6.07, 6.45) is 0. The van der Waals surface area contributed by atoms with Crippen molar-refractivity contribution in [2.45, 2.75) is 31.0 Å². The van der Waals surface area contributed by atoms with Crippen LogP contribution in [-0.2, 0) is 14.8 Å². The molecule has 0 bridgehead atoms. The van der Waals surface area contributed by atoms with E-state index in [2.05, 4.69) is 5.32 Å². The Bertz CT molecular complexity index is 753. The van der Waals surface area contributed by atoms with Crippen LogP contribution in [0.1, 0.15) is 19.4 Å². The van der Waals surface area contributed by atoms with Gasteiger partial charge >= 0.3 is 0 Å². The molecule has 1 amide bonds. The van der Waals surface area contributed by atoms with Crippen molar-refractivity contribution in [3.8, 4) is 0 Å². The second-order valence-electron chi connectivity index (χ2n) is 5.17. The number of carbonyl (C=O) groups is 1. The minimum absolute atomic E-state index is 0.225. The SMILES string of the molecule is CCN([C@@H](C)C(=O)Nc1ccc(C)cc1)S(=O)(=O)c1cccs1. The number of hydrogen-bond donors (Lipinski definition) is 1. The Morgan fingerprint density at radius 2 is 1.91 bits per heavy atom. The Kier molecular flexibility index (Phi) is 5.56. The summed E-state index contributed by atoms with van der Waals surface area (Å²) in [5.74, 6) is -0.351. The van der Waals surface area contributed by atoms with Crippen LogP contribution in [-0.4, -0.2) is 31.2 Å². The molecule has 1 N–H and O–H groups in total. The summed E-state index contributed by atoms with van der Waals surface area (Å²) in [5, 5.41) is 4.47. The van der Waals surface area contributed by atoms with Gasteiger partial charge in [0.15, 0.2) is 0 Å². The molecule has 5 nitrogen and oxygen atoms in total. The monoisotopic (exact) mass is 352 g/mol. The number of nitrogens with one attached hydrogen (secondary N) is 1. The van der Waals surface area contributed by atoms with E-state index in [1.165, 1.54) is 4.31 Å². The normalized spacial score (nSPS) is 13.0. The number of anilines is 1. The molecule has 0 spiro atoms. The maximum absolute atomic E-state index is 12.6. The Morgan fingerprint density at radius 1 is 1.26 bits per heavy atom. The lowest BCUT2D eigenvalue weighted by molar-refractivity contribution is -0.119. The van der Waals surface area contributed by atoms with E-state index in [0.29, 0.717) is 5.69 Å². The highest BCUT2D eigenvalue weighted by Gasteiger charge is 2.32. The number of nitrogens with zero attached hydrogens (tertiary/aromatic N) is 1. The fourth-order valence-corrected chi connectivity index (χ4v) is 4.91. The first-order valence-corrected chi connectivity index (χ1v) is 9.61. The van der Waals surface area contributed by atoms with Gasteiger partial charge < -0.3 is 5.32 Å². The Hall–Kier alpha value is -1.70. The van der Waals surface area contributed by atoms with Gasteiger partial charge in [0.1, 0.15) is 10.3 Å². The van der Waals surface area contributed by atoms with Crippen LogP contribution in [0.5, 0.6) is 0 Å². The Morgan fingerprint density at radius 3 is 2.43 bits per heavy atom. The van der Waals surface area contributed by atoms with Gasteiger partial charge in [-0.05, 0) is 37.4 Å². The molecular formula is C16H20N2O3S2. The molecule has 23 heavy (non-hydrogen) atoms. The summed E-state index contributed by atoms with van der Waals surface area (Å²) in [6.45, 7) is 5.50. The number of hydrogen-bond acceptors (Lipinski definition) is 4. The van der Waals surface area contributed by atoms with Crippen molar-refractivity contribution >= 4 is 33.0 Å². The molecule has 1 aromatic carbocycles. The molecule has 0 fully saturated rings. The smallest absolute Gasteiger partial charge is 0.253 e. The summed E-state index contributed by atoms with van der Waals surface area (Å²) in [6, 6.07) is 9.80. The fraction of sp³-hybridized carbons (Fsp3) is 0.312. The molecule has 0 saturated carbocycles. The van der Waals surface area contributed by atoms with E-state index in [1.54, 1.807) is 43.5 Å². The van der Waals surface area contributed by atoms with Gasteiger partial charge in [0.2, 0.25) is 5.91 Å². The summed E-state index contributed by atoms with van der Waals surface area (Å²) in [5.41, 5.74) is 1.74. The van der Waals surface area contributed by atoms with E-state index in [0.717, 1.165) is 16.9 Å². The number of thiophene rings is 1. The molecule has 0 aliphatic rings. The van der Waals surface area contributed by atoms with Crippen LogP contribution in [0.2, 0.25) is 0 Å². The molecule has 0 radical (unpaired) electrons. The molecule has 1 atom stereocenters. The predicted molar refractivity (Wildman–Crippen MR) is 93.2 cm³/mol.